The van der Waals surface area contributed by atoms with Crippen LogP contribution in [-0.2, 0) is 0 Å². The van der Waals surface area contributed by atoms with Crippen LogP contribution >= 0.6 is 0 Å². The van der Waals surface area contributed by atoms with Crippen LogP contribution in [0.2, 0.25) is 0 Å². The van der Waals surface area contributed by atoms with Crippen molar-refractivity contribution in [2.75, 3.05) is 6.54 Å². The summed E-state index contributed by atoms with van der Waals surface area (Å²) in [6.07, 6.45) is 1.53. The summed E-state index contributed by atoms with van der Waals surface area (Å²) in [7, 11) is 0. The van der Waals surface area contributed by atoms with Crippen molar-refractivity contribution in [2.45, 2.75) is 13.0 Å². The lowest BCUT2D eigenvalue weighted by Crippen LogP contribution is -2.37. The van der Waals surface area contributed by atoms with Crippen molar-refractivity contribution in [3.63, 3.8) is 0 Å². The molecule has 0 radical (unpaired) electrons. The highest BCUT2D eigenvalue weighted by atomic mass is 16.2. The molecule has 0 aliphatic heterocycles. The van der Waals surface area contributed by atoms with E-state index in [9.17, 15) is 4.79 Å². The van der Waals surface area contributed by atoms with Crippen LogP contribution in [-0.4, -0.2) is 28.7 Å². The Bertz CT molecular complexity index is 244. The maximum absolute atomic E-state index is 11.2. The summed E-state index contributed by atoms with van der Waals surface area (Å²) in [5.74, 6) is -0.176. The molecule has 0 bridgehead atoms. The van der Waals surface area contributed by atoms with Gasteiger partial charge in [0.1, 0.15) is 5.69 Å². The Kier molecular flexibility index (Phi) is 2.82. The normalized spacial score (nSPS) is 12.5. The standard InChI is InChI=1S/C7H12N4O/c1-5(4-8)10-7(12)6-2-3-9-11-6/h2-3,5H,4,8H2,1H3,(H,9,11)(H,10,12). The molecule has 5 heteroatoms. The van der Waals surface area contributed by atoms with E-state index in [1.807, 2.05) is 6.92 Å². The van der Waals surface area contributed by atoms with Crippen LogP contribution < -0.4 is 11.1 Å². The van der Waals surface area contributed by atoms with Gasteiger partial charge in [-0.05, 0) is 13.0 Å². The van der Waals surface area contributed by atoms with E-state index < -0.39 is 0 Å². The van der Waals surface area contributed by atoms with Crippen molar-refractivity contribution in [3.05, 3.63) is 18.0 Å². The summed E-state index contributed by atoms with van der Waals surface area (Å²) < 4.78 is 0. The molecule has 0 fully saturated rings. The van der Waals surface area contributed by atoms with Crippen LogP contribution in [0.15, 0.2) is 12.3 Å². The molecule has 0 saturated carbocycles. The number of carbonyl (C=O) groups excluding carboxylic acids is 1. The van der Waals surface area contributed by atoms with Gasteiger partial charge in [0.25, 0.3) is 5.91 Å². The van der Waals surface area contributed by atoms with E-state index in [2.05, 4.69) is 15.5 Å². The lowest BCUT2D eigenvalue weighted by atomic mass is 10.3. The molecule has 0 aromatic carbocycles. The summed E-state index contributed by atoms with van der Waals surface area (Å²) in [6.45, 7) is 2.27. The first-order valence-electron chi connectivity index (χ1n) is 3.74. The van der Waals surface area contributed by atoms with Gasteiger partial charge < -0.3 is 11.1 Å². The maximum Gasteiger partial charge on any atom is 0.269 e. The summed E-state index contributed by atoms with van der Waals surface area (Å²) in [6, 6.07) is 1.60. The molecular formula is C7H12N4O. The van der Waals surface area contributed by atoms with Crippen LogP contribution in [0.5, 0.6) is 0 Å². The predicted molar refractivity (Wildman–Crippen MR) is 44.6 cm³/mol. The van der Waals surface area contributed by atoms with Gasteiger partial charge in [0.15, 0.2) is 0 Å². The van der Waals surface area contributed by atoms with Crippen LogP contribution in [0, 0.1) is 0 Å². The van der Waals surface area contributed by atoms with Gasteiger partial charge >= 0.3 is 0 Å². The average Bonchev–Trinajstić information content (AvgIpc) is 2.56. The Morgan fingerprint density at radius 3 is 3.17 bits per heavy atom. The lowest BCUT2D eigenvalue weighted by molar-refractivity contribution is 0.0936. The minimum absolute atomic E-state index is 0.0131. The van der Waals surface area contributed by atoms with Gasteiger partial charge in [-0.2, -0.15) is 5.10 Å². The van der Waals surface area contributed by atoms with Crippen molar-refractivity contribution in [1.82, 2.24) is 15.5 Å². The second-order valence-corrected chi connectivity index (χ2v) is 2.58. The number of aromatic amines is 1. The van der Waals surface area contributed by atoms with E-state index in [0.717, 1.165) is 0 Å². The molecule has 66 valence electrons. The van der Waals surface area contributed by atoms with Gasteiger partial charge in [-0.3, -0.25) is 9.89 Å². The molecule has 1 amide bonds. The Hall–Kier alpha value is -1.36. The Morgan fingerprint density at radius 1 is 1.92 bits per heavy atom. The minimum Gasteiger partial charge on any atom is -0.347 e. The quantitative estimate of drug-likeness (QED) is 0.568. The fourth-order valence-electron chi connectivity index (χ4n) is 0.743. The number of carbonyl (C=O) groups is 1. The number of amides is 1. The number of H-pyrrole nitrogens is 1. The van der Waals surface area contributed by atoms with Gasteiger partial charge in [0.05, 0.1) is 0 Å². The predicted octanol–water partition coefficient (Wildman–Crippen LogP) is -0.513. The molecule has 0 aliphatic carbocycles. The van der Waals surface area contributed by atoms with Crippen LogP contribution in [0.1, 0.15) is 17.4 Å². The van der Waals surface area contributed by atoms with Crippen LogP contribution in [0.3, 0.4) is 0 Å². The summed E-state index contributed by atoms with van der Waals surface area (Å²) in [4.78, 5) is 11.2. The van der Waals surface area contributed by atoms with E-state index in [4.69, 9.17) is 5.73 Å². The van der Waals surface area contributed by atoms with Crippen molar-refractivity contribution in [2.24, 2.45) is 5.73 Å². The Labute approximate surface area is 70.3 Å². The zero-order chi connectivity index (χ0) is 8.97. The third-order valence-electron chi connectivity index (χ3n) is 1.48. The van der Waals surface area contributed by atoms with Gasteiger partial charge in [0, 0.05) is 18.8 Å². The van der Waals surface area contributed by atoms with Gasteiger partial charge in [0.2, 0.25) is 0 Å². The topological polar surface area (TPSA) is 83.8 Å². The zero-order valence-electron chi connectivity index (χ0n) is 6.87. The summed E-state index contributed by atoms with van der Waals surface area (Å²) >= 11 is 0. The highest BCUT2D eigenvalue weighted by Crippen LogP contribution is 1.91. The third-order valence-corrected chi connectivity index (χ3v) is 1.48. The molecule has 0 saturated heterocycles. The molecular weight excluding hydrogens is 156 g/mol. The van der Waals surface area contributed by atoms with Gasteiger partial charge in [-0.15, -0.1) is 0 Å². The Morgan fingerprint density at radius 2 is 2.67 bits per heavy atom. The van der Waals surface area contributed by atoms with Crippen molar-refractivity contribution >= 4 is 5.91 Å². The largest absolute Gasteiger partial charge is 0.347 e. The fourth-order valence-corrected chi connectivity index (χ4v) is 0.743. The van der Waals surface area contributed by atoms with E-state index in [1.54, 1.807) is 6.07 Å². The second-order valence-electron chi connectivity index (χ2n) is 2.58. The van der Waals surface area contributed by atoms with Crippen LogP contribution in [0.4, 0.5) is 0 Å². The molecule has 1 unspecified atom stereocenters. The monoisotopic (exact) mass is 168 g/mol. The lowest BCUT2D eigenvalue weighted by Gasteiger charge is -2.09. The van der Waals surface area contributed by atoms with Crippen molar-refractivity contribution in [3.8, 4) is 0 Å². The van der Waals surface area contributed by atoms with Crippen molar-refractivity contribution < 1.29 is 4.79 Å². The SMILES string of the molecule is CC(CN)NC(=O)c1ccn[nH]1. The number of rotatable bonds is 3. The number of aromatic nitrogens is 2. The zero-order valence-corrected chi connectivity index (χ0v) is 6.87. The molecule has 5 nitrogen and oxygen atoms in total. The number of hydrogen-bond donors (Lipinski definition) is 3. The molecule has 1 heterocycles. The van der Waals surface area contributed by atoms with Crippen LogP contribution in [0.25, 0.3) is 0 Å². The highest BCUT2D eigenvalue weighted by Gasteiger charge is 2.08. The van der Waals surface area contributed by atoms with Gasteiger partial charge in [-0.25, -0.2) is 0 Å². The average molecular weight is 168 g/mol. The first-order chi connectivity index (χ1) is 5.74. The number of nitrogens with one attached hydrogen (secondary N) is 2. The first-order valence-corrected chi connectivity index (χ1v) is 3.74. The molecule has 12 heavy (non-hydrogen) atoms. The molecule has 0 aliphatic rings. The number of nitrogens with two attached hydrogens (primary N) is 1. The smallest absolute Gasteiger partial charge is 0.269 e. The van der Waals surface area contributed by atoms with E-state index in [1.165, 1.54) is 6.20 Å². The number of hydrogen-bond acceptors (Lipinski definition) is 3. The summed E-state index contributed by atoms with van der Waals surface area (Å²) in [5.41, 5.74) is 5.79. The van der Waals surface area contributed by atoms with Crippen molar-refractivity contribution in [1.29, 1.82) is 0 Å². The number of nitrogens with zero attached hydrogens (tertiary/aromatic N) is 1. The highest BCUT2D eigenvalue weighted by molar-refractivity contribution is 5.92. The fraction of sp³-hybridized carbons (Fsp3) is 0.429. The maximum atomic E-state index is 11.2. The van der Waals surface area contributed by atoms with E-state index >= 15 is 0 Å². The molecule has 0 spiro atoms. The van der Waals surface area contributed by atoms with E-state index in [0.29, 0.717) is 12.2 Å². The second kappa shape index (κ2) is 3.87. The van der Waals surface area contributed by atoms with Gasteiger partial charge in [-0.1, -0.05) is 0 Å². The molecule has 1 atom stereocenters. The minimum atomic E-state index is -0.176. The summed E-state index contributed by atoms with van der Waals surface area (Å²) in [5, 5.41) is 8.92. The molecule has 4 N–H and O–H groups in total. The molecule has 1 aromatic heterocycles. The molecule has 1 rings (SSSR count). The molecule has 1 aromatic rings. The Balaban J connectivity index is 2.50. The first kappa shape index (κ1) is 8.73. The van der Waals surface area contributed by atoms with E-state index in [-0.39, 0.29) is 11.9 Å². The third kappa shape index (κ3) is 2.06.